The Morgan fingerprint density at radius 3 is 2.55 bits per heavy atom. The molecule has 0 aliphatic heterocycles. The average Bonchev–Trinajstić information content (AvgIpc) is 2.98. The molecule has 0 atom stereocenters. The maximum absolute atomic E-state index is 13.5. The van der Waals surface area contributed by atoms with Gasteiger partial charge in [-0.3, -0.25) is 0 Å². The van der Waals surface area contributed by atoms with Gasteiger partial charge in [-0.15, -0.1) is 11.8 Å². The van der Waals surface area contributed by atoms with Gasteiger partial charge in [0.1, 0.15) is 18.2 Å². The van der Waals surface area contributed by atoms with E-state index >= 15 is 0 Å². The Hall–Kier alpha value is -2.82. The second kappa shape index (κ2) is 8.27. The molecule has 0 fully saturated rings. The third-order valence-corrected chi connectivity index (χ3v) is 4.96. The molecule has 0 spiro atoms. The molecule has 0 N–H and O–H groups in total. The van der Waals surface area contributed by atoms with E-state index in [0.717, 1.165) is 15.4 Å². The first-order chi connectivity index (χ1) is 13.7. The van der Waals surface area contributed by atoms with E-state index in [-0.39, 0.29) is 6.61 Å². The number of hydrogen-bond acceptors (Lipinski definition) is 5. The summed E-state index contributed by atoms with van der Waals surface area (Å²) in [5.41, 5.74) is -0.838. The predicted molar refractivity (Wildman–Crippen MR) is 98.7 cm³/mol. The number of aryl methyl sites for hydroxylation is 1. The maximum atomic E-state index is 13.5. The highest BCUT2D eigenvalue weighted by atomic mass is 32.2. The number of thioether (sulfide) groups is 1. The highest BCUT2D eigenvalue weighted by Crippen LogP contribution is 2.37. The summed E-state index contributed by atoms with van der Waals surface area (Å²) in [6.45, 7) is 1.58. The van der Waals surface area contributed by atoms with E-state index in [1.807, 2.05) is 6.92 Å². The minimum atomic E-state index is -4.70. The lowest BCUT2D eigenvalue weighted by Crippen LogP contribution is -2.23. The Balaban J connectivity index is 2.05. The second-order valence-corrected chi connectivity index (χ2v) is 7.22. The van der Waals surface area contributed by atoms with Crippen molar-refractivity contribution in [2.45, 2.75) is 24.6 Å². The summed E-state index contributed by atoms with van der Waals surface area (Å²) in [6.07, 6.45) is -4.70. The number of nitrogens with zero attached hydrogens (tertiary/aromatic N) is 4. The van der Waals surface area contributed by atoms with Gasteiger partial charge in [0.25, 0.3) is 0 Å². The fourth-order valence-electron chi connectivity index (χ4n) is 2.65. The molecule has 1 heterocycles. The zero-order valence-corrected chi connectivity index (χ0v) is 16.2. The summed E-state index contributed by atoms with van der Waals surface area (Å²) in [5.74, 6) is -0.805. The molecule has 0 radical (unpaired) electrons. The van der Waals surface area contributed by atoms with Crippen LogP contribution in [0.25, 0.3) is 5.69 Å². The number of ether oxygens (including phenoxy) is 1. The Bertz CT molecular complexity index is 1080. The van der Waals surface area contributed by atoms with Crippen LogP contribution >= 0.6 is 11.8 Å². The molecule has 2 aromatic carbocycles. The molecule has 1 aromatic heterocycles. The van der Waals surface area contributed by atoms with E-state index in [2.05, 4.69) is 10.4 Å². The van der Waals surface area contributed by atoms with Crippen LogP contribution < -0.4 is 10.4 Å². The van der Waals surface area contributed by atoms with E-state index in [9.17, 15) is 22.4 Å². The molecule has 0 saturated carbocycles. The van der Waals surface area contributed by atoms with Crippen LogP contribution in [0.3, 0.4) is 0 Å². The number of rotatable bonds is 6. The van der Waals surface area contributed by atoms with E-state index < -0.39 is 29.0 Å². The Morgan fingerprint density at radius 2 is 1.93 bits per heavy atom. The van der Waals surface area contributed by atoms with Crippen LogP contribution in [0.4, 0.5) is 17.6 Å². The standard InChI is InChI=1S/C18H16F4N4O2S/c1-3-29-16-6-4-5-14(26-17(27)25(2)23-24-26)12(16)10-28-15-9-11(19)7-8-13(15)18(20,21)22/h4-9H,3,10H2,1-2H3. The van der Waals surface area contributed by atoms with E-state index in [0.29, 0.717) is 34.0 Å². The number of tetrazole rings is 1. The van der Waals surface area contributed by atoms with Gasteiger partial charge >= 0.3 is 11.9 Å². The number of halogens is 4. The van der Waals surface area contributed by atoms with E-state index in [4.69, 9.17) is 4.74 Å². The van der Waals surface area contributed by atoms with E-state index in [1.54, 1.807) is 18.2 Å². The zero-order chi connectivity index (χ0) is 21.2. The molecular formula is C18H16F4N4O2S. The molecule has 11 heteroatoms. The van der Waals surface area contributed by atoms with Crippen LogP contribution in [-0.4, -0.2) is 25.5 Å². The first kappa shape index (κ1) is 20.9. The number of alkyl halides is 3. The normalized spacial score (nSPS) is 11.7. The molecule has 3 rings (SSSR count). The highest BCUT2D eigenvalue weighted by molar-refractivity contribution is 7.99. The lowest BCUT2D eigenvalue weighted by molar-refractivity contribution is -0.139. The molecule has 154 valence electrons. The van der Waals surface area contributed by atoms with Gasteiger partial charge in [0, 0.05) is 23.6 Å². The molecule has 0 amide bonds. The van der Waals surface area contributed by atoms with Crippen molar-refractivity contribution >= 4 is 11.8 Å². The fourth-order valence-corrected chi connectivity index (χ4v) is 3.48. The minimum Gasteiger partial charge on any atom is -0.488 e. The lowest BCUT2D eigenvalue weighted by atomic mass is 10.1. The van der Waals surface area contributed by atoms with Gasteiger partial charge in [0.2, 0.25) is 0 Å². The smallest absolute Gasteiger partial charge is 0.419 e. The van der Waals surface area contributed by atoms with Crippen LogP contribution in [0, 0.1) is 5.82 Å². The molecule has 0 aliphatic rings. The van der Waals surface area contributed by atoms with Gasteiger partial charge in [0.05, 0.1) is 11.3 Å². The average molecular weight is 428 g/mol. The van der Waals surface area contributed by atoms with E-state index in [1.165, 1.54) is 18.8 Å². The topological polar surface area (TPSA) is 61.9 Å². The molecule has 0 bridgehead atoms. The Kier molecular flexibility index (Phi) is 5.96. The summed E-state index contributed by atoms with van der Waals surface area (Å²) in [7, 11) is 1.43. The van der Waals surface area contributed by atoms with Gasteiger partial charge in [-0.25, -0.2) is 9.18 Å². The van der Waals surface area contributed by atoms with Gasteiger partial charge in [-0.2, -0.15) is 22.5 Å². The monoisotopic (exact) mass is 428 g/mol. The van der Waals surface area contributed by atoms with Crippen molar-refractivity contribution in [1.82, 2.24) is 19.8 Å². The molecule has 0 unspecified atom stereocenters. The van der Waals surface area contributed by atoms with Crippen molar-refractivity contribution < 1.29 is 22.3 Å². The highest BCUT2D eigenvalue weighted by Gasteiger charge is 2.34. The maximum Gasteiger partial charge on any atom is 0.419 e. The molecular weight excluding hydrogens is 412 g/mol. The van der Waals surface area contributed by atoms with Gasteiger partial charge in [0.15, 0.2) is 0 Å². The summed E-state index contributed by atoms with van der Waals surface area (Å²) < 4.78 is 60.7. The Morgan fingerprint density at radius 1 is 1.17 bits per heavy atom. The van der Waals surface area contributed by atoms with Gasteiger partial charge in [-0.05, 0) is 40.4 Å². The molecule has 3 aromatic rings. The fraction of sp³-hybridized carbons (Fsp3) is 0.278. The predicted octanol–water partition coefficient (Wildman–Crippen LogP) is 3.81. The number of benzene rings is 2. The Labute approximate surface area is 167 Å². The van der Waals surface area contributed by atoms with Crippen LogP contribution in [0.2, 0.25) is 0 Å². The lowest BCUT2D eigenvalue weighted by Gasteiger charge is -2.17. The van der Waals surface area contributed by atoms with Crippen molar-refractivity contribution in [3.63, 3.8) is 0 Å². The molecule has 6 nitrogen and oxygen atoms in total. The first-order valence-corrected chi connectivity index (χ1v) is 9.44. The van der Waals surface area contributed by atoms with Crippen molar-refractivity contribution in [3.05, 3.63) is 63.8 Å². The molecule has 0 saturated heterocycles. The summed E-state index contributed by atoms with van der Waals surface area (Å²) >= 11 is 1.42. The summed E-state index contributed by atoms with van der Waals surface area (Å²) in [6, 6.07) is 7.08. The zero-order valence-electron chi connectivity index (χ0n) is 15.4. The van der Waals surface area contributed by atoms with Crippen LogP contribution in [-0.2, 0) is 19.8 Å². The van der Waals surface area contributed by atoms with Crippen LogP contribution in [0.1, 0.15) is 18.1 Å². The second-order valence-electron chi connectivity index (χ2n) is 5.91. The quantitative estimate of drug-likeness (QED) is 0.441. The van der Waals surface area contributed by atoms with Crippen molar-refractivity contribution in [3.8, 4) is 11.4 Å². The first-order valence-electron chi connectivity index (χ1n) is 8.46. The number of aromatic nitrogens is 4. The van der Waals surface area contributed by atoms with Crippen molar-refractivity contribution in [2.75, 3.05) is 5.75 Å². The minimum absolute atomic E-state index is 0.325. The third kappa shape index (κ3) is 4.44. The SMILES string of the molecule is CCSc1cccc(-n2nnn(C)c2=O)c1COc1cc(F)ccc1C(F)(F)F. The molecule has 29 heavy (non-hydrogen) atoms. The van der Waals surface area contributed by atoms with Crippen LogP contribution in [0.15, 0.2) is 46.1 Å². The van der Waals surface area contributed by atoms with Crippen LogP contribution in [0.5, 0.6) is 5.75 Å². The van der Waals surface area contributed by atoms with Crippen molar-refractivity contribution in [1.29, 1.82) is 0 Å². The summed E-state index contributed by atoms with van der Waals surface area (Å²) in [5, 5.41) is 7.44. The van der Waals surface area contributed by atoms with Crippen molar-refractivity contribution in [2.24, 2.45) is 7.05 Å². The van der Waals surface area contributed by atoms with Gasteiger partial charge < -0.3 is 4.74 Å². The third-order valence-electron chi connectivity index (χ3n) is 3.98. The largest absolute Gasteiger partial charge is 0.488 e. The van der Waals surface area contributed by atoms with Gasteiger partial charge in [-0.1, -0.05) is 13.0 Å². The number of hydrogen-bond donors (Lipinski definition) is 0. The molecule has 0 aliphatic carbocycles. The summed E-state index contributed by atoms with van der Waals surface area (Å²) in [4.78, 5) is 13.0.